The molecule has 0 fully saturated rings. The number of sulfonamides is 1. The van der Waals surface area contributed by atoms with Gasteiger partial charge in [0, 0.05) is 23.1 Å². The van der Waals surface area contributed by atoms with Gasteiger partial charge in [-0.25, -0.2) is 8.42 Å². The number of halogens is 1. The topological polar surface area (TPSA) is 66.5 Å². The van der Waals surface area contributed by atoms with Gasteiger partial charge in [0.25, 0.3) is 10.0 Å². The van der Waals surface area contributed by atoms with Gasteiger partial charge in [0.2, 0.25) is 5.91 Å². The molecule has 174 valence electrons. The molecule has 0 unspecified atom stereocenters. The number of aryl methyl sites for hydroxylation is 1. The van der Waals surface area contributed by atoms with E-state index in [4.69, 9.17) is 11.6 Å². The fourth-order valence-electron chi connectivity index (χ4n) is 3.29. The molecule has 5 nitrogen and oxygen atoms in total. The maximum atomic E-state index is 13.4. The van der Waals surface area contributed by atoms with E-state index in [1.165, 1.54) is 23.3 Å². The lowest BCUT2D eigenvalue weighted by atomic mass is 10.1. The van der Waals surface area contributed by atoms with Crippen LogP contribution in [-0.2, 0) is 20.6 Å². The van der Waals surface area contributed by atoms with E-state index in [0.29, 0.717) is 22.8 Å². The fraction of sp³-hybridized carbons (Fsp3) is 0.240. The number of amides is 1. The van der Waals surface area contributed by atoms with Crippen molar-refractivity contribution >= 4 is 45.0 Å². The zero-order valence-electron chi connectivity index (χ0n) is 18.6. The first kappa shape index (κ1) is 25.1. The Kier molecular flexibility index (Phi) is 8.83. The van der Waals surface area contributed by atoms with Crippen LogP contribution in [0.2, 0.25) is 5.02 Å². The lowest BCUT2D eigenvalue weighted by Gasteiger charge is -2.26. The second-order valence-corrected chi connectivity index (χ2v) is 10.9. The molecule has 3 aromatic rings. The van der Waals surface area contributed by atoms with Crippen LogP contribution < -0.4 is 9.62 Å². The number of hydrogen-bond acceptors (Lipinski definition) is 4. The van der Waals surface area contributed by atoms with Crippen LogP contribution in [0, 0.1) is 13.8 Å². The molecule has 0 heterocycles. The Balaban J connectivity index is 1.68. The maximum absolute atomic E-state index is 13.4. The molecule has 3 rings (SSSR count). The van der Waals surface area contributed by atoms with Crippen LogP contribution in [0.25, 0.3) is 0 Å². The van der Waals surface area contributed by atoms with E-state index in [1.54, 1.807) is 55.1 Å². The van der Waals surface area contributed by atoms with Crippen molar-refractivity contribution in [1.29, 1.82) is 0 Å². The van der Waals surface area contributed by atoms with E-state index < -0.39 is 10.0 Å². The maximum Gasteiger partial charge on any atom is 0.264 e. The first-order chi connectivity index (χ1) is 15.8. The zero-order valence-corrected chi connectivity index (χ0v) is 21.0. The molecule has 8 heteroatoms. The predicted molar refractivity (Wildman–Crippen MR) is 138 cm³/mol. The Morgan fingerprint density at radius 1 is 0.970 bits per heavy atom. The Hall–Kier alpha value is -2.48. The molecule has 0 aliphatic carbocycles. The van der Waals surface area contributed by atoms with E-state index in [-0.39, 0.29) is 17.3 Å². The largest absolute Gasteiger partial charge is 0.354 e. The molecular weight excluding hydrogens is 476 g/mol. The lowest BCUT2D eigenvalue weighted by Crippen LogP contribution is -2.41. The van der Waals surface area contributed by atoms with Crippen molar-refractivity contribution in [2.45, 2.75) is 24.5 Å². The Morgan fingerprint density at radius 2 is 1.67 bits per heavy atom. The number of carbonyl (C=O) groups excluding carboxylic acids is 1. The highest BCUT2D eigenvalue weighted by atomic mass is 35.5. The minimum absolute atomic E-state index is 0.117. The van der Waals surface area contributed by atoms with Gasteiger partial charge in [-0.15, -0.1) is 0 Å². The average Bonchev–Trinajstić information content (AvgIpc) is 2.81. The van der Waals surface area contributed by atoms with Crippen molar-refractivity contribution < 1.29 is 13.2 Å². The summed E-state index contributed by atoms with van der Waals surface area (Å²) >= 11 is 7.97. The molecule has 0 aliphatic heterocycles. The van der Waals surface area contributed by atoms with E-state index in [0.717, 1.165) is 15.8 Å². The van der Waals surface area contributed by atoms with Crippen molar-refractivity contribution in [3.63, 3.8) is 0 Å². The molecule has 1 N–H and O–H groups in total. The zero-order chi connectivity index (χ0) is 23.8. The van der Waals surface area contributed by atoms with Gasteiger partial charge in [-0.3, -0.25) is 9.10 Å². The second-order valence-electron chi connectivity index (χ2n) is 7.54. The van der Waals surface area contributed by atoms with Gasteiger partial charge >= 0.3 is 0 Å². The molecule has 0 spiro atoms. The Morgan fingerprint density at radius 3 is 2.39 bits per heavy atom. The molecule has 1 amide bonds. The van der Waals surface area contributed by atoms with Gasteiger partial charge in [-0.2, -0.15) is 11.8 Å². The van der Waals surface area contributed by atoms with Crippen molar-refractivity contribution in [1.82, 2.24) is 5.32 Å². The molecule has 0 aliphatic rings. The number of nitrogens with zero attached hydrogens (tertiary/aromatic N) is 1. The number of benzene rings is 3. The summed E-state index contributed by atoms with van der Waals surface area (Å²) in [5.41, 5.74) is 3.49. The van der Waals surface area contributed by atoms with Crippen LogP contribution in [-0.4, -0.2) is 33.2 Å². The average molecular weight is 503 g/mol. The SMILES string of the molecule is Cc1ccccc1CSCCNC(=O)CN(c1cccc(Cl)c1C)S(=O)(=O)c1ccccc1. The molecule has 0 saturated carbocycles. The summed E-state index contributed by atoms with van der Waals surface area (Å²) in [5, 5.41) is 3.28. The molecule has 0 atom stereocenters. The molecule has 0 radical (unpaired) electrons. The molecule has 0 saturated heterocycles. The molecule has 33 heavy (non-hydrogen) atoms. The highest BCUT2D eigenvalue weighted by Crippen LogP contribution is 2.30. The monoisotopic (exact) mass is 502 g/mol. The highest BCUT2D eigenvalue weighted by Gasteiger charge is 2.28. The van der Waals surface area contributed by atoms with Crippen molar-refractivity contribution in [3.8, 4) is 0 Å². The summed E-state index contributed by atoms with van der Waals surface area (Å²) in [6.45, 7) is 3.94. The molecular formula is C25H27ClN2O3S2. The van der Waals surface area contributed by atoms with Gasteiger partial charge in [0.15, 0.2) is 0 Å². The van der Waals surface area contributed by atoms with Crippen molar-refractivity contribution in [3.05, 3.63) is 94.5 Å². The third-order valence-electron chi connectivity index (χ3n) is 5.21. The molecule has 0 aromatic heterocycles. The first-order valence-electron chi connectivity index (χ1n) is 10.5. The van der Waals surface area contributed by atoms with Gasteiger partial charge in [-0.1, -0.05) is 60.1 Å². The Labute approximate surface area is 205 Å². The van der Waals surface area contributed by atoms with Crippen molar-refractivity contribution in [2.75, 3.05) is 23.1 Å². The molecule has 0 bridgehead atoms. The minimum atomic E-state index is -3.96. The van der Waals surface area contributed by atoms with Gasteiger partial charge in [-0.05, 0) is 54.8 Å². The minimum Gasteiger partial charge on any atom is -0.354 e. The Bertz CT molecular complexity index is 1200. The van der Waals surface area contributed by atoms with E-state index in [1.807, 2.05) is 12.1 Å². The fourth-order valence-corrected chi connectivity index (χ4v) is 5.89. The number of anilines is 1. The lowest BCUT2D eigenvalue weighted by molar-refractivity contribution is -0.119. The summed E-state index contributed by atoms with van der Waals surface area (Å²) < 4.78 is 27.9. The summed E-state index contributed by atoms with van der Waals surface area (Å²) in [5.74, 6) is 1.21. The number of nitrogens with one attached hydrogen (secondary N) is 1. The van der Waals surface area contributed by atoms with Gasteiger partial charge in [0.1, 0.15) is 6.54 Å². The summed E-state index contributed by atoms with van der Waals surface area (Å²) in [6.07, 6.45) is 0. The quantitative estimate of drug-likeness (QED) is 0.387. The number of hydrogen-bond donors (Lipinski definition) is 1. The van der Waals surface area contributed by atoms with E-state index >= 15 is 0 Å². The number of rotatable bonds is 10. The normalized spacial score (nSPS) is 11.2. The smallest absolute Gasteiger partial charge is 0.264 e. The van der Waals surface area contributed by atoms with Crippen LogP contribution in [0.1, 0.15) is 16.7 Å². The van der Waals surface area contributed by atoms with Crippen LogP contribution in [0.4, 0.5) is 5.69 Å². The van der Waals surface area contributed by atoms with Gasteiger partial charge in [0.05, 0.1) is 10.6 Å². The van der Waals surface area contributed by atoms with E-state index in [2.05, 4.69) is 24.4 Å². The van der Waals surface area contributed by atoms with Crippen molar-refractivity contribution in [2.24, 2.45) is 0 Å². The highest BCUT2D eigenvalue weighted by molar-refractivity contribution is 7.98. The molecule has 3 aromatic carbocycles. The van der Waals surface area contributed by atoms with Crippen LogP contribution >= 0.6 is 23.4 Å². The van der Waals surface area contributed by atoms with Crippen LogP contribution in [0.5, 0.6) is 0 Å². The standard InChI is InChI=1S/C25H27ClN2O3S2/c1-19-9-6-7-10-21(19)18-32-16-15-27-25(29)17-28(24-14-8-13-23(26)20(24)2)33(30,31)22-11-4-3-5-12-22/h3-14H,15-18H2,1-2H3,(H,27,29). The summed E-state index contributed by atoms with van der Waals surface area (Å²) in [7, 11) is -3.96. The number of thioether (sulfide) groups is 1. The number of carbonyl (C=O) groups is 1. The predicted octanol–water partition coefficient (Wildman–Crippen LogP) is 5.20. The van der Waals surface area contributed by atoms with Crippen LogP contribution in [0.3, 0.4) is 0 Å². The summed E-state index contributed by atoms with van der Waals surface area (Å²) in [6, 6.07) is 21.3. The van der Waals surface area contributed by atoms with E-state index in [9.17, 15) is 13.2 Å². The first-order valence-corrected chi connectivity index (χ1v) is 13.5. The third kappa shape index (κ3) is 6.53. The van der Waals surface area contributed by atoms with Crippen LogP contribution in [0.15, 0.2) is 77.7 Å². The third-order valence-corrected chi connectivity index (χ3v) is 8.40. The summed E-state index contributed by atoms with van der Waals surface area (Å²) in [4.78, 5) is 12.8. The second kappa shape index (κ2) is 11.6. The van der Waals surface area contributed by atoms with Gasteiger partial charge < -0.3 is 5.32 Å².